The quantitative estimate of drug-likeness (QED) is 0.289. The summed E-state index contributed by atoms with van der Waals surface area (Å²) in [6.45, 7) is 7.40. The van der Waals surface area contributed by atoms with E-state index < -0.39 is 0 Å². The van der Waals surface area contributed by atoms with Crippen molar-refractivity contribution in [3.63, 3.8) is 0 Å². The smallest absolute Gasteiger partial charge is 0.117 e. The van der Waals surface area contributed by atoms with Gasteiger partial charge in [0.1, 0.15) is 18.1 Å². The number of phenols is 1. The molecule has 2 heterocycles. The first kappa shape index (κ1) is 26.5. The van der Waals surface area contributed by atoms with Crippen LogP contribution in [0.3, 0.4) is 0 Å². The number of aromatic hydroxyl groups is 1. The molecule has 2 aromatic carbocycles. The SMILES string of the molecule is CN(C)Cc1ccc(Cc2c(C3(C)C=CC(OCCN4CCCC4)=CC3)sc3cc(O)ccc23)cc1Br. The first-order valence-electron chi connectivity index (χ1n) is 13.2. The number of allylic oxidation sites excluding steroid dienone is 3. The van der Waals surface area contributed by atoms with Crippen molar-refractivity contribution in [2.45, 2.75) is 44.6 Å². The minimum absolute atomic E-state index is 0.113. The number of likely N-dealkylation sites (tertiary alicyclic amines) is 1. The third kappa shape index (κ3) is 6.14. The molecule has 6 heteroatoms. The van der Waals surface area contributed by atoms with E-state index in [1.165, 1.54) is 52.9 Å². The Labute approximate surface area is 233 Å². The normalized spacial score (nSPS) is 20.2. The van der Waals surface area contributed by atoms with Gasteiger partial charge in [-0.25, -0.2) is 0 Å². The lowest BCUT2D eigenvalue weighted by Gasteiger charge is -2.29. The van der Waals surface area contributed by atoms with Crippen LogP contribution in [-0.4, -0.2) is 55.2 Å². The van der Waals surface area contributed by atoms with Gasteiger partial charge in [-0.15, -0.1) is 11.3 Å². The number of thiophene rings is 1. The lowest BCUT2D eigenvalue weighted by molar-refractivity contribution is 0.177. The van der Waals surface area contributed by atoms with Gasteiger partial charge >= 0.3 is 0 Å². The maximum absolute atomic E-state index is 10.2. The standard InChI is InChI=1S/C31H37BrN2O2S/c1-31(12-10-25(11-13-31)36-17-16-34-14-4-5-15-34)30-27(26-9-8-24(35)20-29(26)37-30)18-22-6-7-23(21-33(2)3)28(32)19-22/h6-12,19-20,35H,4-5,13-18,21H2,1-3H3. The molecule has 1 atom stereocenters. The lowest BCUT2D eigenvalue weighted by atomic mass is 9.79. The molecule has 0 spiro atoms. The molecule has 1 N–H and O–H groups in total. The van der Waals surface area contributed by atoms with Crippen molar-refractivity contribution in [2.24, 2.45) is 0 Å². The molecule has 1 fully saturated rings. The van der Waals surface area contributed by atoms with Gasteiger partial charge < -0.3 is 14.7 Å². The molecule has 1 saturated heterocycles. The molecule has 0 amide bonds. The number of halogens is 1. The number of hydrogen-bond donors (Lipinski definition) is 1. The third-order valence-electron chi connectivity index (χ3n) is 7.50. The van der Waals surface area contributed by atoms with E-state index >= 15 is 0 Å². The molecule has 5 rings (SSSR count). The Balaban J connectivity index is 1.38. The lowest BCUT2D eigenvalue weighted by Crippen LogP contribution is -2.24. The van der Waals surface area contributed by atoms with E-state index in [1.54, 1.807) is 0 Å². The van der Waals surface area contributed by atoms with Gasteiger partial charge in [0.05, 0.1) is 0 Å². The predicted molar refractivity (Wildman–Crippen MR) is 159 cm³/mol. The Morgan fingerprint density at radius 3 is 2.65 bits per heavy atom. The van der Waals surface area contributed by atoms with Crippen molar-refractivity contribution in [3.05, 3.63) is 86.4 Å². The molecule has 2 aliphatic rings. The van der Waals surface area contributed by atoms with Crippen molar-refractivity contribution in [1.82, 2.24) is 9.80 Å². The topological polar surface area (TPSA) is 35.9 Å². The zero-order chi connectivity index (χ0) is 26.0. The van der Waals surface area contributed by atoms with Crippen molar-refractivity contribution >= 4 is 37.4 Å². The Morgan fingerprint density at radius 1 is 1.14 bits per heavy atom. The van der Waals surface area contributed by atoms with Gasteiger partial charge in [0.2, 0.25) is 0 Å². The minimum Gasteiger partial charge on any atom is -0.508 e. The summed E-state index contributed by atoms with van der Waals surface area (Å²) in [5.41, 5.74) is 3.82. The van der Waals surface area contributed by atoms with Crippen LogP contribution in [0, 0.1) is 0 Å². The van der Waals surface area contributed by atoms with E-state index in [4.69, 9.17) is 4.74 Å². The molecule has 3 aromatic rings. The molecular formula is C31H37BrN2O2S. The average Bonchev–Trinajstić information content (AvgIpc) is 3.50. The molecule has 0 saturated carbocycles. The fourth-order valence-electron chi connectivity index (χ4n) is 5.44. The van der Waals surface area contributed by atoms with E-state index in [0.717, 1.165) is 47.5 Å². The van der Waals surface area contributed by atoms with Crippen LogP contribution in [-0.2, 0) is 23.1 Å². The molecule has 0 radical (unpaired) electrons. The number of ether oxygens (including phenoxy) is 1. The summed E-state index contributed by atoms with van der Waals surface area (Å²) < 4.78 is 8.41. The highest BCUT2D eigenvalue weighted by molar-refractivity contribution is 9.10. The van der Waals surface area contributed by atoms with Gasteiger partial charge in [0.15, 0.2) is 0 Å². The second-order valence-electron chi connectivity index (χ2n) is 10.9. The molecule has 1 aromatic heterocycles. The Kier molecular flexibility index (Phi) is 8.10. The highest BCUT2D eigenvalue weighted by atomic mass is 79.9. The minimum atomic E-state index is -0.113. The fraction of sp³-hybridized carbons (Fsp3) is 0.419. The van der Waals surface area contributed by atoms with E-state index in [-0.39, 0.29) is 5.41 Å². The number of hydrogen-bond acceptors (Lipinski definition) is 5. The van der Waals surface area contributed by atoms with Crippen LogP contribution in [0.25, 0.3) is 10.1 Å². The molecular weight excluding hydrogens is 544 g/mol. The van der Waals surface area contributed by atoms with Gasteiger partial charge in [-0.05, 0) is 111 Å². The van der Waals surface area contributed by atoms with E-state index in [1.807, 2.05) is 23.5 Å². The predicted octanol–water partition coefficient (Wildman–Crippen LogP) is 7.24. The molecule has 196 valence electrons. The van der Waals surface area contributed by atoms with Crippen molar-refractivity contribution < 1.29 is 9.84 Å². The first-order valence-corrected chi connectivity index (χ1v) is 14.8. The maximum Gasteiger partial charge on any atom is 0.117 e. The summed E-state index contributed by atoms with van der Waals surface area (Å²) in [6.07, 6.45) is 11.1. The van der Waals surface area contributed by atoms with E-state index in [0.29, 0.717) is 5.75 Å². The molecule has 37 heavy (non-hydrogen) atoms. The third-order valence-corrected chi connectivity index (χ3v) is 9.71. The van der Waals surface area contributed by atoms with Gasteiger partial charge in [-0.3, -0.25) is 4.90 Å². The molecule has 1 aliphatic carbocycles. The van der Waals surface area contributed by atoms with E-state index in [9.17, 15) is 5.11 Å². The number of benzene rings is 2. The summed E-state index contributed by atoms with van der Waals surface area (Å²) >= 11 is 5.61. The highest BCUT2D eigenvalue weighted by Crippen LogP contribution is 2.45. The number of phenolic OH excluding ortho intramolecular Hbond substituents is 1. The second kappa shape index (κ2) is 11.3. The average molecular weight is 582 g/mol. The van der Waals surface area contributed by atoms with Crippen LogP contribution in [0.5, 0.6) is 5.75 Å². The van der Waals surface area contributed by atoms with Crippen LogP contribution in [0.15, 0.2) is 64.9 Å². The monoisotopic (exact) mass is 580 g/mol. The van der Waals surface area contributed by atoms with Crippen LogP contribution in [0.2, 0.25) is 0 Å². The highest BCUT2D eigenvalue weighted by Gasteiger charge is 2.31. The van der Waals surface area contributed by atoms with Crippen LogP contribution in [0.1, 0.15) is 47.8 Å². The largest absolute Gasteiger partial charge is 0.508 e. The number of nitrogens with zero attached hydrogens (tertiary/aromatic N) is 2. The second-order valence-corrected chi connectivity index (χ2v) is 12.8. The summed E-state index contributed by atoms with van der Waals surface area (Å²) in [5, 5.41) is 11.4. The molecule has 1 aliphatic heterocycles. The number of rotatable bonds is 9. The van der Waals surface area contributed by atoms with Crippen molar-refractivity contribution in [2.75, 3.05) is 40.3 Å². The molecule has 4 nitrogen and oxygen atoms in total. The van der Waals surface area contributed by atoms with Gasteiger partial charge in [-0.2, -0.15) is 0 Å². The summed E-state index contributed by atoms with van der Waals surface area (Å²) in [7, 11) is 4.19. The Bertz CT molecular complexity index is 1320. The maximum atomic E-state index is 10.2. The summed E-state index contributed by atoms with van der Waals surface area (Å²) in [4.78, 5) is 6.04. The first-order chi connectivity index (χ1) is 17.8. The molecule has 1 unspecified atom stereocenters. The zero-order valence-electron chi connectivity index (χ0n) is 22.1. The van der Waals surface area contributed by atoms with Gasteiger partial charge in [-0.1, -0.05) is 41.1 Å². The van der Waals surface area contributed by atoms with Gasteiger partial charge in [0, 0.05) is 32.6 Å². The Morgan fingerprint density at radius 2 is 1.95 bits per heavy atom. The summed E-state index contributed by atoms with van der Waals surface area (Å²) in [5.74, 6) is 1.30. The number of fused-ring (bicyclic) bond motifs is 1. The van der Waals surface area contributed by atoms with Crippen LogP contribution >= 0.6 is 27.3 Å². The van der Waals surface area contributed by atoms with Crippen molar-refractivity contribution in [3.8, 4) is 5.75 Å². The van der Waals surface area contributed by atoms with Crippen LogP contribution in [0.4, 0.5) is 0 Å². The van der Waals surface area contributed by atoms with Crippen molar-refractivity contribution in [1.29, 1.82) is 0 Å². The Hall–Kier alpha value is -2.12. The zero-order valence-corrected chi connectivity index (χ0v) is 24.5. The molecule has 0 bridgehead atoms. The van der Waals surface area contributed by atoms with Gasteiger partial charge in [0.25, 0.3) is 0 Å². The van der Waals surface area contributed by atoms with Crippen LogP contribution < -0.4 is 0 Å². The summed E-state index contributed by atoms with van der Waals surface area (Å²) in [6, 6.07) is 12.5. The fourth-order valence-corrected chi connectivity index (χ4v) is 7.38. The van der Waals surface area contributed by atoms with E-state index in [2.05, 4.69) is 89.2 Å².